The molecule has 0 amide bonds. The summed E-state index contributed by atoms with van der Waals surface area (Å²) in [7, 11) is -3.79. The molecule has 3 aromatic rings. The summed E-state index contributed by atoms with van der Waals surface area (Å²) in [5.74, 6) is 0. The summed E-state index contributed by atoms with van der Waals surface area (Å²) in [6.07, 6.45) is 6.32. The number of unbranched alkanes of at least 4 members (excludes halogenated alkanes) is 1. The average molecular weight is 485 g/mol. The largest absolute Gasteiger partial charge is 0.276 e. The maximum absolute atomic E-state index is 12.0. The summed E-state index contributed by atoms with van der Waals surface area (Å²) in [5, 5.41) is 10.2. The minimum Gasteiger partial charge on any atom is -0.276 e. The Kier molecular flexibility index (Phi) is 7.42. The van der Waals surface area contributed by atoms with Crippen LogP contribution in [0.2, 0.25) is 10.0 Å². The minimum absolute atomic E-state index is 0.305. The number of H-pyrrole nitrogens is 1. The van der Waals surface area contributed by atoms with Crippen molar-refractivity contribution in [1.82, 2.24) is 10.2 Å². The predicted molar refractivity (Wildman–Crippen MR) is 125 cm³/mol. The molecule has 0 bridgehead atoms. The molecular weight excluding hydrogens is 463 g/mol. The topological polar surface area (TPSA) is 72.0 Å². The molecule has 0 aliphatic heterocycles. The summed E-state index contributed by atoms with van der Waals surface area (Å²) in [6.45, 7) is 4.02. The number of aromatic nitrogens is 2. The van der Waals surface area contributed by atoms with Crippen LogP contribution in [0.15, 0.2) is 35.7 Å². The molecule has 30 heavy (non-hydrogen) atoms. The maximum Gasteiger partial charge on any atom is 0.265 e. The Hall–Kier alpha value is -1.64. The molecule has 5 nitrogen and oxygen atoms in total. The first kappa shape index (κ1) is 23.0. The van der Waals surface area contributed by atoms with E-state index in [1.807, 2.05) is 18.4 Å². The highest BCUT2D eigenvalue weighted by atomic mass is 35.5. The van der Waals surface area contributed by atoms with E-state index < -0.39 is 16.2 Å². The average Bonchev–Trinajstić information content (AvgIpc) is 3.26. The van der Waals surface area contributed by atoms with Gasteiger partial charge in [-0.2, -0.15) is 13.5 Å². The zero-order chi connectivity index (χ0) is 21.9. The van der Waals surface area contributed by atoms with Crippen LogP contribution in [0.5, 0.6) is 0 Å². The molecule has 0 aliphatic rings. The highest BCUT2D eigenvalue weighted by Crippen LogP contribution is 2.39. The van der Waals surface area contributed by atoms with Crippen molar-refractivity contribution in [3.8, 4) is 10.6 Å². The zero-order valence-electron chi connectivity index (χ0n) is 16.8. The number of aromatic amines is 1. The quantitative estimate of drug-likeness (QED) is 0.364. The molecule has 1 unspecified atom stereocenters. The molecule has 1 atom stereocenters. The van der Waals surface area contributed by atoms with Crippen LogP contribution in [0, 0.1) is 6.92 Å². The Labute approximate surface area is 190 Å². The van der Waals surface area contributed by atoms with Gasteiger partial charge in [0.1, 0.15) is 11.8 Å². The lowest BCUT2D eigenvalue weighted by molar-refractivity contribution is 0.250. The van der Waals surface area contributed by atoms with Crippen LogP contribution in [-0.4, -0.2) is 24.9 Å². The van der Waals surface area contributed by atoms with Crippen LogP contribution in [-0.2, 0) is 14.3 Å². The first-order valence-corrected chi connectivity index (χ1v) is 12.8. The Bertz CT molecular complexity index is 1170. The Balaban J connectivity index is 2.07. The van der Waals surface area contributed by atoms with Gasteiger partial charge in [-0.05, 0) is 42.5 Å². The van der Waals surface area contributed by atoms with E-state index >= 15 is 0 Å². The van der Waals surface area contributed by atoms with Crippen LogP contribution in [0.4, 0.5) is 0 Å². The van der Waals surface area contributed by atoms with Gasteiger partial charge in [0, 0.05) is 21.2 Å². The molecule has 0 saturated heterocycles. The second-order valence-electron chi connectivity index (χ2n) is 6.85. The van der Waals surface area contributed by atoms with Gasteiger partial charge in [0.05, 0.1) is 16.8 Å². The number of hydrogen-bond donors (Lipinski definition) is 1. The number of nitrogens with zero attached hydrogens (tertiary/aromatic N) is 1. The third-order valence-electron chi connectivity index (χ3n) is 4.49. The monoisotopic (exact) mass is 484 g/mol. The van der Waals surface area contributed by atoms with E-state index in [-0.39, 0.29) is 0 Å². The van der Waals surface area contributed by atoms with Gasteiger partial charge in [0.25, 0.3) is 10.1 Å². The predicted octanol–water partition coefficient (Wildman–Crippen LogP) is 6.63. The molecule has 2 aromatic heterocycles. The van der Waals surface area contributed by atoms with E-state index in [9.17, 15) is 8.42 Å². The standard InChI is InChI=1S/C21H22Cl2N2O3S2/c1-4-5-6-7-14-10-11-29-21(14)19-13(2)18(24-25-19)20(28-30(3,26)27)16-9-8-15(22)12-17(16)23/h6-12,20H,4-5H2,1-3H3,(H,24,25)/b7-6+. The van der Waals surface area contributed by atoms with E-state index in [2.05, 4.69) is 29.3 Å². The molecule has 9 heteroatoms. The van der Waals surface area contributed by atoms with Gasteiger partial charge < -0.3 is 0 Å². The molecule has 0 saturated carbocycles. The van der Waals surface area contributed by atoms with Crippen molar-refractivity contribution in [2.75, 3.05) is 6.26 Å². The fraction of sp³-hybridized carbons (Fsp3) is 0.286. The van der Waals surface area contributed by atoms with Crippen molar-refractivity contribution in [2.24, 2.45) is 0 Å². The number of benzene rings is 1. The molecule has 2 heterocycles. The number of nitrogens with one attached hydrogen (secondary N) is 1. The van der Waals surface area contributed by atoms with Gasteiger partial charge in [-0.1, -0.05) is 54.8 Å². The van der Waals surface area contributed by atoms with Gasteiger partial charge in [-0.15, -0.1) is 11.3 Å². The van der Waals surface area contributed by atoms with E-state index in [4.69, 9.17) is 27.4 Å². The van der Waals surface area contributed by atoms with E-state index in [0.717, 1.165) is 40.8 Å². The smallest absolute Gasteiger partial charge is 0.265 e. The fourth-order valence-corrected chi connectivity index (χ4v) is 5.04. The second-order valence-corrected chi connectivity index (χ2v) is 10.2. The number of rotatable bonds is 8. The number of halogens is 2. The molecule has 1 aromatic carbocycles. The highest BCUT2D eigenvalue weighted by molar-refractivity contribution is 7.86. The minimum atomic E-state index is -3.79. The Morgan fingerprint density at radius 1 is 1.30 bits per heavy atom. The van der Waals surface area contributed by atoms with E-state index in [1.54, 1.807) is 29.5 Å². The van der Waals surface area contributed by atoms with Gasteiger partial charge in [0.15, 0.2) is 0 Å². The first-order chi connectivity index (χ1) is 14.2. The van der Waals surface area contributed by atoms with Crippen LogP contribution in [0.1, 0.15) is 48.3 Å². The lowest BCUT2D eigenvalue weighted by atomic mass is 10.0. The van der Waals surface area contributed by atoms with Crippen molar-refractivity contribution in [1.29, 1.82) is 0 Å². The number of thiophene rings is 1. The van der Waals surface area contributed by atoms with Crippen molar-refractivity contribution in [3.63, 3.8) is 0 Å². The summed E-state index contributed by atoms with van der Waals surface area (Å²) < 4.78 is 29.4. The SMILES string of the molecule is CCC/C=C/c1ccsc1-c1[nH]nc(C(OS(C)(=O)=O)c2ccc(Cl)cc2Cl)c1C. The molecular formula is C21H22Cl2N2O3S2. The molecule has 0 radical (unpaired) electrons. The van der Waals surface area contributed by atoms with Crippen LogP contribution < -0.4 is 0 Å². The zero-order valence-corrected chi connectivity index (χ0v) is 19.9. The third-order valence-corrected chi connectivity index (χ3v) is 6.54. The van der Waals surface area contributed by atoms with Gasteiger partial charge in [-0.3, -0.25) is 9.28 Å². The molecule has 0 aliphatic carbocycles. The maximum atomic E-state index is 12.0. The number of hydrogen-bond acceptors (Lipinski definition) is 5. The van der Waals surface area contributed by atoms with Gasteiger partial charge in [0.2, 0.25) is 0 Å². The van der Waals surface area contributed by atoms with Crippen molar-refractivity contribution in [3.05, 3.63) is 68.2 Å². The third kappa shape index (κ3) is 5.34. The van der Waals surface area contributed by atoms with Gasteiger partial charge >= 0.3 is 0 Å². The molecule has 3 rings (SSSR count). The lowest BCUT2D eigenvalue weighted by Crippen LogP contribution is -2.13. The molecule has 0 fully saturated rings. The van der Waals surface area contributed by atoms with Crippen LogP contribution >= 0.6 is 34.5 Å². The molecule has 1 N–H and O–H groups in total. The van der Waals surface area contributed by atoms with Gasteiger partial charge in [-0.25, -0.2) is 0 Å². The summed E-state index contributed by atoms with van der Waals surface area (Å²) in [6, 6.07) is 6.89. The van der Waals surface area contributed by atoms with Crippen molar-refractivity contribution in [2.45, 2.75) is 32.8 Å². The highest BCUT2D eigenvalue weighted by Gasteiger charge is 2.28. The summed E-state index contributed by atoms with van der Waals surface area (Å²) in [5.41, 5.74) is 3.63. The lowest BCUT2D eigenvalue weighted by Gasteiger charge is -2.17. The van der Waals surface area contributed by atoms with E-state index in [0.29, 0.717) is 21.3 Å². The van der Waals surface area contributed by atoms with Crippen molar-refractivity contribution >= 4 is 50.7 Å². The first-order valence-electron chi connectivity index (χ1n) is 9.33. The summed E-state index contributed by atoms with van der Waals surface area (Å²) in [4.78, 5) is 1.03. The Morgan fingerprint density at radius 2 is 2.07 bits per heavy atom. The second kappa shape index (κ2) is 9.66. The van der Waals surface area contributed by atoms with Crippen molar-refractivity contribution < 1.29 is 12.6 Å². The Morgan fingerprint density at radius 3 is 2.73 bits per heavy atom. The fourth-order valence-electron chi connectivity index (χ4n) is 3.05. The number of allylic oxidation sites excluding steroid dienone is 1. The van der Waals surface area contributed by atoms with E-state index in [1.165, 1.54) is 0 Å². The van der Waals surface area contributed by atoms with Crippen LogP contribution in [0.25, 0.3) is 16.6 Å². The summed E-state index contributed by atoms with van der Waals surface area (Å²) >= 11 is 13.9. The van der Waals surface area contributed by atoms with Crippen LogP contribution in [0.3, 0.4) is 0 Å². The molecule has 160 valence electrons. The normalized spacial score (nSPS) is 13.2. The molecule has 0 spiro atoms.